The number of aromatic hydroxyl groups is 1. The average molecular weight is 316 g/mol. The number of aromatic amines is 1. The summed E-state index contributed by atoms with van der Waals surface area (Å²) in [5, 5.41) is 10.5. The van der Waals surface area contributed by atoms with Gasteiger partial charge in [-0.15, -0.1) is 0 Å². The fourth-order valence-electron chi connectivity index (χ4n) is 2.05. The number of benzene rings is 2. The molecule has 94 valence electrons. The van der Waals surface area contributed by atoms with Crippen LogP contribution in [0.3, 0.4) is 0 Å². The molecular weight excluding hydrogens is 306 g/mol. The van der Waals surface area contributed by atoms with E-state index in [4.69, 9.17) is 0 Å². The molecular formula is C15H10BrNO2. The summed E-state index contributed by atoms with van der Waals surface area (Å²) in [5.74, 6) is -0.249. The van der Waals surface area contributed by atoms with E-state index in [9.17, 15) is 9.90 Å². The highest BCUT2D eigenvalue weighted by Crippen LogP contribution is 2.27. The van der Waals surface area contributed by atoms with Gasteiger partial charge in [0.2, 0.25) is 5.43 Å². The number of nitrogens with one attached hydrogen (secondary N) is 1. The van der Waals surface area contributed by atoms with Gasteiger partial charge in [0, 0.05) is 20.9 Å². The second-order valence-corrected chi connectivity index (χ2v) is 5.15. The monoisotopic (exact) mass is 315 g/mol. The van der Waals surface area contributed by atoms with Crippen molar-refractivity contribution in [2.75, 3.05) is 0 Å². The van der Waals surface area contributed by atoms with Gasteiger partial charge in [-0.1, -0.05) is 40.2 Å². The van der Waals surface area contributed by atoms with Crippen molar-refractivity contribution in [1.29, 1.82) is 0 Å². The fourth-order valence-corrected chi connectivity index (χ4v) is 2.31. The minimum absolute atomic E-state index is 0.249. The smallest absolute Gasteiger partial charge is 0.231 e. The van der Waals surface area contributed by atoms with Crippen molar-refractivity contribution >= 4 is 26.8 Å². The molecule has 0 aliphatic rings. The van der Waals surface area contributed by atoms with Gasteiger partial charge < -0.3 is 10.1 Å². The van der Waals surface area contributed by atoms with Crippen LogP contribution in [0.15, 0.2) is 57.8 Å². The summed E-state index contributed by atoms with van der Waals surface area (Å²) in [7, 11) is 0. The molecule has 3 nitrogen and oxygen atoms in total. The van der Waals surface area contributed by atoms with Crippen LogP contribution in [-0.2, 0) is 0 Å². The van der Waals surface area contributed by atoms with Gasteiger partial charge in [-0.3, -0.25) is 4.79 Å². The van der Waals surface area contributed by atoms with Crippen LogP contribution in [0.1, 0.15) is 0 Å². The molecule has 3 aromatic rings. The normalized spacial score (nSPS) is 10.8. The maximum absolute atomic E-state index is 12.1. The molecule has 0 unspecified atom stereocenters. The van der Waals surface area contributed by atoms with E-state index in [0.717, 1.165) is 10.0 Å². The van der Waals surface area contributed by atoms with E-state index >= 15 is 0 Å². The molecule has 0 aliphatic carbocycles. The second kappa shape index (κ2) is 4.55. The summed E-state index contributed by atoms with van der Waals surface area (Å²) >= 11 is 3.36. The van der Waals surface area contributed by atoms with Crippen molar-refractivity contribution in [3.8, 4) is 17.0 Å². The van der Waals surface area contributed by atoms with Gasteiger partial charge in [-0.05, 0) is 24.3 Å². The molecule has 4 heteroatoms. The van der Waals surface area contributed by atoms with E-state index in [1.165, 1.54) is 0 Å². The topological polar surface area (TPSA) is 53.1 Å². The Balaban J connectivity index is 2.33. The van der Waals surface area contributed by atoms with E-state index in [1.54, 1.807) is 12.1 Å². The third kappa shape index (κ3) is 2.04. The molecule has 0 atom stereocenters. The molecule has 0 saturated heterocycles. The summed E-state index contributed by atoms with van der Waals surface area (Å²) in [4.78, 5) is 15.2. The van der Waals surface area contributed by atoms with Crippen molar-refractivity contribution < 1.29 is 5.11 Å². The molecule has 0 spiro atoms. The largest absolute Gasteiger partial charge is 0.503 e. The highest BCUT2D eigenvalue weighted by molar-refractivity contribution is 9.10. The minimum Gasteiger partial charge on any atom is -0.503 e. The lowest BCUT2D eigenvalue weighted by Crippen LogP contribution is -2.04. The number of hydrogen-bond acceptors (Lipinski definition) is 2. The summed E-state index contributed by atoms with van der Waals surface area (Å²) in [5.41, 5.74) is 1.57. The third-order valence-electron chi connectivity index (χ3n) is 3.02. The molecule has 2 aromatic carbocycles. The molecule has 3 rings (SSSR count). The van der Waals surface area contributed by atoms with Crippen LogP contribution >= 0.6 is 15.9 Å². The Hall–Kier alpha value is -2.07. The summed E-state index contributed by atoms with van der Waals surface area (Å²) < 4.78 is 0.943. The number of H-pyrrole nitrogens is 1. The number of aromatic nitrogens is 1. The minimum atomic E-state index is -0.354. The molecule has 1 aromatic heterocycles. The zero-order valence-corrected chi connectivity index (χ0v) is 11.4. The lowest BCUT2D eigenvalue weighted by atomic mass is 10.1. The second-order valence-electron chi connectivity index (χ2n) is 4.23. The summed E-state index contributed by atoms with van der Waals surface area (Å²) in [6, 6.07) is 14.5. The Bertz CT molecular complexity index is 806. The zero-order chi connectivity index (χ0) is 13.4. The molecule has 0 amide bonds. The van der Waals surface area contributed by atoms with Crippen molar-refractivity contribution in [1.82, 2.24) is 4.98 Å². The molecule has 0 fully saturated rings. The standard InChI is InChI=1S/C15H10BrNO2/c16-10-7-5-9(6-8-10)13-15(19)14(18)11-3-1-2-4-12(11)17-13/h1-8,19H,(H,17,18). The molecule has 2 N–H and O–H groups in total. The van der Waals surface area contributed by atoms with E-state index in [-0.39, 0.29) is 11.2 Å². The molecule has 0 aliphatic heterocycles. The predicted octanol–water partition coefficient (Wildman–Crippen LogP) is 3.66. The van der Waals surface area contributed by atoms with Gasteiger partial charge in [0.25, 0.3) is 0 Å². The number of rotatable bonds is 1. The quantitative estimate of drug-likeness (QED) is 0.720. The first-order chi connectivity index (χ1) is 9.16. The highest BCUT2D eigenvalue weighted by atomic mass is 79.9. The first-order valence-electron chi connectivity index (χ1n) is 5.77. The van der Waals surface area contributed by atoms with E-state index < -0.39 is 0 Å². The number of para-hydroxylation sites is 1. The zero-order valence-electron chi connectivity index (χ0n) is 9.85. The average Bonchev–Trinajstić information content (AvgIpc) is 2.44. The summed E-state index contributed by atoms with van der Waals surface area (Å²) in [6.07, 6.45) is 0. The van der Waals surface area contributed by atoms with Crippen molar-refractivity contribution in [2.45, 2.75) is 0 Å². The van der Waals surface area contributed by atoms with Gasteiger partial charge in [0.1, 0.15) is 0 Å². The molecule has 0 saturated carbocycles. The first-order valence-corrected chi connectivity index (χ1v) is 6.56. The highest BCUT2D eigenvalue weighted by Gasteiger charge is 2.11. The number of pyridine rings is 1. The Morgan fingerprint density at radius 3 is 2.42 bits per heavy atom. The van der Waals surface area contributed by atoms with Crippen LogP contribution in [0.2, 0.25) is 0 Å². The molecule has 19 heavy (non-hydrogen) atoms. The Kier molecular flexibility index (Phi) is 2.87. The Labute approximate surface area is 117 Å². The predicted molar refractivity (Wildman–Crippen MR) is 79.4 cm³/mol. The first kappa shape index (κ1) is 12.0. The number of hydrogen-bond donors (Lipinski definition) is 2. The van der Waals surface area contributed by atoms with Crippen molar-refractivity contribution in [2.24, 2.45) is 0 Å². The van der Waals surface area contributed by atoms with Gasteiger partial charge in [0.05, 0.1) is 5.69 Å². The molecule has 0 bridgehead atoms. The van der Waals surface area contributed by atoms with Crippen molar-refractivity contribution in [3.63, 3.8) is 0 Å². The third-order valence-corrected chi connectivity index (χ3v) is 3.54. The SMILES string of the molecule is O=c1c(O)c(-c2ccc(Br)cc2)[nH]c2ccccc12. The lowest BCUT2D eigenvalue weighted by Gasteiger charge is -2.07. The van der Waals surface area contributed by atoms with Crippen LogP contribution in [0.5, 0.6) is 5.75 Å². The molecule has 0 radical (unpaired) electrons. The Morgan fingerprint density at radius 1 is 1.00 bits per heavy atom. The van der Waals surface area contributed by atoms with Gasteiger partial charge in [-0.25, -0.2) is 0 Å². The molecule has 1 heterocycles. The van der Waals surface area contributed by atoms with Crippen LogP contribution in [0.4, 0.5) is 0 Å². The van der Waals surface area contributed by atoms with Crippen molar-refractivity contribution in [3.05, 3.63) is 63.2 Å². The van der Waals surface area contributed by atoms with E-state index in [1.807, 2.05) is 36.4 Å². The van der Waals surface area contributed by atoms with Crippen LogP contribution < -0.4 is 5.43 Å². The van der Waals surface area contributed by atoms with Gasteiger partial charge in [0.15, 0.2) is 5.75 Å². The number of fused-ring (bicyclic) bond motifs is 1. The lowest BCUT2D eigenvalue weighted by molar-refractivity contribution is 0.471. The van der Waals surface area contributed by atoms with Gasteiger partial charge >= 0.3 is 0 Å². The summed E-state index contributed by atoms with van der Waals surface area (Å²) in [6.45, 7) is 0. The van der Waals surface area contributed by atoms with E-state index in [0.29, 0.717) is 16.6 Å². The van der Waals surface area contributed by atoms with Crippen LogP contribution in [0.25, 0.3) is 22.2 Å². The fraction of sp³-hybridized carbons (Fsp3) is 0. The maximum atomic E-state index is 12.1. The Morgan fingerprint density at radius 2 is 1.68 bits per heavy atom. The van der Waals surface area contributed by atoms with Gasteiger partial charge in [-0.2, -0.15) is 0 Å². The van der Waals surface area contributed by atoms with Crippen LogP contribution in [0, 0.1) is 0 Å². The van der Waals surface area contributed by atoms with E-state index in [2.05, 4.69) is 20.9 Å². The van der Waals surface area contributed by atoms with Crippen LogP contribution in [-0.4, -0.2) is 10.1 Å². The number of halogens is 1. The maximum Gasteiger partial charge on any atom is 0.231 e.